The van der Waals surface area contributed by atoms with Gasteiger partial charge in [0.15, 0.2) is 5.84 Å². The molecule has 0 fully saturated rings. The van der Waals surface area contributed by atoms with Gasteiger partial charge in [0, 0.05) is 16.1 Å². The number of nitrogens with one attached hydrogen (secondary N) is 1. The number of rotatable bonds is 2. The zero-order chi connectivity index (χ0) is 12.4. The predicted octanol–water partition coefficient (Wildman–Crippen LogP) is 3.32. The molecule has 0 saturated carbocycles. The minimum absolute atomic E-state index is 0.322. The van der Waals surface area contributed by atoms with Gasteiger partial charge in [0.2, 0.25) is 6.23 Å². The van der Waals surface area contributed by atoms with E-state index in [2.05, 4.69) is 10.5 Å². The zero-order valence-corrected chi connectivity index (χ0v) is 10.3. The molecule has 90 valence electrons. The molecule has 0 spiro atoms. The second kappa shape index (κ2) is 4.80. The molecule has 3 rings (SSSR count). The Morgan fingerprint density at radius 3 is 2.44 bits per heavy atom. The monoisotopic (exact) mass is 258 g/mol. The van der Waals surface area contributed by atoms with Gasteiger partial charge in [-0.25, -0.2) is 15.3 Å². The molecule has 2 aromatic carbocycles. The molecule has 2 aromatic rings. The summed E-state index contributed by atoms with van der Waals surface area (Å²) >= 11 is 5.85. The first kappa shape index (κ1) is 11.3. The van der Waals surface area contributed by atoms with E-state index < -0.39 is 0 Å². The third-order valence-electron chi connectivity index (χ3n) is 2.72. The molecule has 1 heterocycles. The highest BCUT2D eigenvalue weighted by Gasteiger charge is 2.20. The Kier molecular flexibility index (Phi) is 3.00. The highest BCUT2D eigenvalue weighted by atomic mass is 35.5. The number of hydrogen-bond acceptors (Lipinski definition) is 3. The summed E-state index contributed by atoms with van der Waals surface area (Å²) in [7, 11) is 0. The minimum atomic E-state index is -0.322. The number of benzene rings is 2. The second-order valence-electron chi connectivity index (χ2n) is 3.97. The molecule has 1 atom stereocenters. The fourth-order valence-electron chi connectivity index (χ4n) is 1.78. The molecule has 1 aliphatic heterocycles. The number of amidine groups is 1. The molecular formula is C14H11ClN2O. The number of aliphatic imine (C=N–C) groups is 1. The predicted molar refractivity (Wildman–Crippen MR) is 71.4 cm³/mol. The highest BCUT2D eigenvalue weighted by molar-refractivity contribution is 6.30. The topological polar surface area (TPSA) is 33.6 Å². The Labute approximate surface area is 110 Å². The number of hydroxylamine groups is 1. The van der Waals surface area contributed by atoms with Crippen molar-refractivity contribution in [3.05, 3.63) is 70.7 Å². The van der Waals surface area contributed by atoms with Crippen LogP contribution in [0.3, 0.4) is 0 Å². The van der Waals surface area contributed by atoms with Crippen molar-refractivity contribution in [1.29, 1.82) is 0 Å². The van der Waals surface area contributed by atoms with Crippen molar-refractivity contribution in [3.8, 4) is 0 Å². The van der Waals surface area contributed by atoms with E-state index in [0.29, 0.717) is 5.02 Å². The summed E-state index contributed by atoms with van der Waals surface area (Å²) in [6.45, 7) is 0. The maximum atomic E-state index is 5.85. The Morgan fingerprint density at radius 2 is 1.72 bits per heavy atom. The van der Waals surface area contributed by atoms with Crippen LogP contribution < -0.4 is 5.48 Å². The largest absolute Gasteiger partial charge is 0.246 e. The van der Waals surface area contributed by atoms with Gasteiger partial charge < -0.3 is 0 Å². The lowest BCUT2D eigenvalue weighted by molar-refractivity contribution is 0.0377. The third kappa shape index (κ3) is 2.23. The average molecular weight is 259 g/mol. The summed E-state index contributed by atoms with van der Waals surface area (Å²) in [5.41, 5.74) is 4.83. The van der Waals surface area contributed by atoms with E-state index in [1.807, 2.05) is 54.6 Å². The molecule has 1 unspecified atom stereocenters. The van der Waals surface area contributed by atoms with Crippen LogP contribution in [-0.2, 0) is 4.84 Å². The summed E-state index contributed by atoms with van der Waals surface area (Å²) in [6.07, 6.45) is -0.322. The van der Waals surface area contributed by atoms with E-state index in [9.17, 15) is 0 Å². The minimum Gasteiger partial charge on any atom is -0.246 e. The standard InChI is InChI=1S/C14H11ClN2O/c15-12-8-6-11(7-9-12)14-16-13(17-18-14)10-4-2-1-3-5-10/h1-9,14H,(H,16,17). The van der Waals surface area contributed by atoms with Gasteiger partial charge >= 0.3 is 0 Å². The highest BCUT2D eigenvalue weighted by Crippen LogP contribution is 2.24. The lowest BCUT2D eigenvalue weighted by Crippen LogP contribution is -2.17. The molecular weight excluding hydrogens is 248 g/mol. The van der Waals surface area contributed by atoms with Crippen molar-refractivity contribution in [2.75, 3.05) is 0 Å². The van der Waals surface area contributed by atoms with Gasteiger partial charge in [-0.05, 0) is 12.1 Å². The van der Waals surface area contributed by atoms with Crippen LogP contribution in [0.25, 0.3) is 0 Å². The van der Waals surface area contributed by atoms with Crippen molar-refractivity contribution in [3.63, 3.8) is 0 Å². The molecule has 4 heteroatoms. The van der Waals surface area contributed by atoms with E-state index in [1.54, 1.807) is 0 Å². The quantitative estimate of drug-likeness (QED) is 0.897. The molecule has 0 saturated heterocycles. The molecule has 3 nitrogen and oxygen atoms in total. The summed E-state index contributed by atoms with van der Waals surface area (Å²) < 4.78 is 0. The summed E-state index contributed by atoms with van der Waals surface area (Å²) in [5.74, 6) is 0.746. The first-order chi connectivity index (χ1) is 8.83. The number of nitrogens with zero attached hydrogens (tertiary/aromatic N) is 1. The Hall–Kier alpha value is -1.84. The van der Waals surface area contributed by atoms with Crippen molar-refractivity contribution < 1.29 is 4.84 Å². The maximum Gasteiger partial charge on any atom is 0.202 e. The van der Waals surface area contributed by atoms with Crippen LogP contribution in [0.4, 0.5) is 0 Å². The number of halogens is 1. The lowest BCUT2D eigenvalue weighted by Gasteiger charge is -2.05. The Balaban J connectivity index is 1.85. The second-order valence-corrected chi connectivity index (χ2v) is 4.40. The molecule has 1 aliphatic rings. The van der Waals surface area contributed by atoms with Gasteiger partial charge in [0.1, 0.15) is 0 Å². The molecule has 0 aromatic heterocycles. The molecule has 1 N–H and O–H groups in total. The van der Waals surface area contributed by atoms with Gasteiger partial charge in [-0.15, -0.1) is 0 Å². The summed E-state index contributed by atoms with van der Waals surface area (Å²) in [6, 6.07) is 17.4. The fraction of sp³-hybridized carbons (Fsp3) is 0.0714. The Bertz CT molecular complexity index is 566. The normalized spacial score (nSPS) is 18.3. The van der Waals surface area contributed by atoms with Gasteiger partial charge in [0.05, 0.1) is 0 Å². The van der Waals surface area contributed by atoms with Crippen LogP contribution in [0.1, 0.15) is 17.4 Å². The Morgan fingerprint density at radius 1 is 1.00 bits per heavy atom. The van der Waals surface area contributed by atoms with E-state index in [1.165, 1.54) is 0 Å². The smallest absolute Gasteiger partial charge is 0.202 e. The van der Waals surface area contributed by atoms with Crippen LogP contribution in [0.2, 0.25) is 5.02 Å². The maximum absolute atomic E-state index is 5.85. The van der Waals surface area contributed by atoms with Gasteiger partial charge in [-0.1, -0.05) is 54.1 Å². The molecule has 0 radical (unpaired) electrons. The van der Waals surface area contributed by atoms with Crippen molar-refractivity contribution in [2.45, 2.75) is 6.23 Å². The van der Waals surface area contributed by atoms with Crippen LogP contribution in [0.15, 0.2) is 59.6 Å². The van der Waals surface area contributed by atoms with Crippen LogP contribution in [-0.4, -0.2) is 5.84 Å². The zero-order valence-electron chi connectivity index (χ0n) is 9.51. The van der Waals surface area contributed by atoms with E-state index in [-0.39, 0.29) is 6.23 Å². The van der Waals surface area contributed by atoms with Crippen LogP contribution in [0, 0.1) is 0 Å². The average Bonchev–Trinajstić information content (AvgIpc) is 2.90. The lowest BCUT2D eigenvalue weighted by atomic mass is 10.2. The van der Waals surface area contributed by atoms with Gasteiger partial charge in [-0.3, -0.25) is 0 Å². The first-order valence-corrected chi connectivity index (χ1v) is 6.01. The van der Waals surface area contributed by atoms with Crippen molar-refractivity contribution in [1.82, 2.24) is 5.48 Å². The van der Waals surface area contributed by atoms with Crippen molar-refractivity contribution >= 4 is 17.4 Å². The SMILES string of the molecule is Clc1ccc(C2N=C(c3ccccc3)NO2)cc1. The van der Waals surface area contributed by atoms with Crippen molar-refractivity contribution in [2.24, 2.45) is 4.99 Å². The van der Waals surface area contributed by atoms with E-state index in [4.69, 9.17) is 16.4 Å². The fourth-order valence-corrected chi connectivity index (χ4v) is 1.91. The molecule has 0 bridgehead atoms. The van der Waals surface area contributed by atoms with Gasteiger partial charge in [-0.2, -0.15) is 0 Å². The van der Waals surface area contributed by atoms with E-state index >= 15 is 0 Å². The van der Waals surface area contributed by atoms with Crippen LogP contribution in [0.5, 0.6) is 0 Å². The van der Waals surface area contributed by atoms with Crippen LogP contribution >= 0.6 is 11.6 Å². The number of hydrogen-bond donors (Lipinski definition) is 1. The molecule has 0 amide bonds. The van der Waals surface area contributed by atoms with E-state index in [0.717, 1.165) is 17.0 Å². The van der Waals surface area contributed by atoms with Gasteiger partial charge in [0.25, 0.3) is 0 Å². The summed E-state index contributed by atoms with van der Waals surface area (Å²) in [4.78, 5) is 9.95. The molecule has 18 heavy (non-hydrogen) atoms. The third-order valence-corrected chi connectivity index (χ3v) is 2.97. The summed E-state index contributed by atoms with van der Waals surface area (Å²) in [5, 5.41) is 0.706. The molecule has 0 aliphatic carbocycles. The first-order valence-electron chi connectivity index (χ1n) is 5.63.